The smallest absolute Gasteiger partial charge is 0.330 e. The number of hydrogen-bond acceptors (Lipinski definition) is 10. The van der Waals surface area contributed by atoms with Crippen LogP contribution in [0.5, 0.6) is 0 Å². The molecule has 0 saturated carbocycles. The molecule has 11 nitrogen and oxygen atoms in total. The molecule has 47 heavy (non-hydrogen) atoms. The highest BCUT2D eigenvalue weighted by Crippen LogP contribution is 2.17. The standard InChI is InChI=1S/C35H64N2O9S/c1-5-7-9-11-13-14-16-17-19-21-29(46-32(40)22-20-18-15-12-10-8-6-2)25-33(41)45-23-24-47-27-31(36-28(3)39)34(42)37-30(26-38)35(43)44-4/h29-31,38H,5-27H2,1-4H3,(H,36,39)(H,37,42)/t29-,30+,31+/m1/s1. The fourth-order valence-corrected chi connectivity index (χ4v) is 5.88. The number of nitrogens with one attached hydrogen (secondary N) is 2. The number of hydrogen-bond donors (Lipinski definition) is 3. The van der Waals surface area contributed by atoms with Crippen LogP contribution < -0.4 is 10.6 Å². The van der Waals surface area contributed by atoms with Gasteiger partial charge < -0.3 is 30.0 Å². The van der Waals surface area contributed by atoms with Crippen LogP contribution in [0.25, 0.3) is 0 Å². The Labute approximate surface area is 287 Å². The summed E-state index contributed by atoms with van der Waals surface area (Å²) in [5, 5.41) is 14.2. The van der Waals surface area contributed by atoms with Gasteiger partial charge in [-0.1, -0.05) is 104 Å². The third-order valence-corrected chi connectivity index (χ3v) is 8.78. The first kappa shape index (κ1) is 44.7. The Balaban J connectivity index is 4.73. The highest BCUT2D eigenvalue weighted by molar-refractivity contribution is 7.99. The maximum Gasteiger partial charge on any atom is 0.330 e. The first-order valence-electron chi connectivity index (χ1n) is 17.9. The SMILES string of the molecule is CCCCCCCCCCC[C@H](CC(=O)OCCSC[C@H](NC(C)=O)C(=O)N[C@@H](CO)C(=O)OC)OC(=O)CCCCCCCCC. The van der Waals surface area contributed by atoms with Gasteiger partial charge in [-0.2, -0.15) is 11.8 Å². The first-order valence-corrected chi connectivity index (χ1v) is 19.0. The van der Waals surface area contributed by atoms with Gasteiger partial charge in [-0.3, -0.25) is 19.2 Å². The van der Waals surface area contributed by atoms with Crippen molar-refractivity contribution in [2.24, 2.45) is 0 Å². The van der Waals surface area contributed by atoms with Crippen molar-refractivity contribution in [1.29, 1.82) is 0 Å². The van der Waals surface area contributed by atoms with Gasteiger partial charge in [0.15, 0.2) is 6.04 Å². The Kier molecular flexibility index (Phi) is 29.4. The summed E-state index contributed by atoms with van der Waals surface area (Å²) in [6, 6.07) is -2.22. The predicted molar refractivity (Wildman–Crippen MR) is 186 cm³/mol. The van der Waals surface area contributed by atoms with Crippen LogP contribution >= 0.6 is 11.8 Å². The van der Waals surface area contributed by atoms with Crippen LogP contribution in [0.3, 0.4) is 0 Å². The van der Waals surface area contributed by atoms with Crippen molar-refractivity contribution in [1.82, 2.24) is 10.6 Å². The van der Waals surface area contributed by atoms with Crippen LogP contribution in [0.15, 0.2) is 0 Å². The summed E-state index contributed by atoms with van der Waals surface area (Å²) in [5.41, 5.74) is 0. The molecule has 0 aromatic heterocycles. The normalized spacial score (nSPS) is 12.9. The maximum atomic E-state index is 12.7. The molecular weight excluding hydrogens is 624 g/mol. The van der Waals surface area contributed by atoms with Crippen LogP contribution in [-0.2, 0) is 38.2 Å². The zero-order valence-corrected chi connectivity index (χ0v) is 30.4. The van der Waals surface area contributed by atoms with E-state index in [1.807, 2.05) is 0 Å². The number of thioether (sulfide) groups is 1. The lowest BCUT2D eigenvalue weighted by Gasteiger charge is -2.20. The molecule has 0 aliphatic heterocycles. The summed E-state index contributed by atoms with van der Waals surface area (Å²) in [6.45, 7) is 5.10. The van der Waals surface area contributed by atoms with Crippen molar-refractivity contribution >= 4 is 41.5 Å². The molecule has 0 saturated heterocycles. The van der Waals surface area contributed by atoms with E-state index < -0.39 is 48.5 Å². The van der Waals surface area contributed by atoms with E-state index in [1.54, 1.807) is 0 Å². The molecule has 0 heterocycles. The van der Waals surface area contributed by atoms with Crippen LogP contribution in [0.4, 0.5) is 0 Å². The van der Waals surface area contributed by atoms with E-state index in [2.05, 4.69) is 29.2 Å². The van der Waals surface area contributed by atoms with Crippen molar-refractivity contribution in [2.45, 2.75) is 161 Å². The Morgan fingerprint density at radius 2 is 1.28 bits per heavy atom. The highest BCUT2D eigenvalue weighted by atomic mass is 32.2. The molecule has 0 rings (SSSR count). The molecule has 0 fully saturated rings. The van der Waals surface area contributed by atoms with Crippen LogP contribution in [-0.4, -0.2) is 84.8 Å². The minimum absolute atomic E-state index is 0.00254. The largest absolute Gasteiger partial charge is 0.467 e. The Morgan fingerprint density at radius 3 is 1.81 bits per heavy atom. The number of carbonyl (C=O) groups is 5. The van der Waals surface area contributed by atoms with Gasteiger partial charge in [0.2, 0.25) is 11.8 Å². The van der Waals surface area contributed by atoms with Gasteiger partial charge in [0.05, 0.1) is 20.1 Å². The van der Waals surface area contributed by atoms with Crippen molar-refractivity contribution < 1.29 is 43.3 Å². The quantitative estimate of drug-likeness (QED) is 0.0463. The van der Waals surface area contributed by atoms with E-state index in [9.17, 15) is 29.1 Å². The molecule has 0 aliphatic carbocycles. The van der Waals surface area contributed by atoms with E-state index in [-0.39, 0.29) is 24.7 Å². The van der Waals surface area contributed by atoms with Crippen molar-refractivity contribution in [3.8, 4) is 0 Å². The molecule has 0 bridgehead atoms. The molecule has 2 amide bonds. The molecule has 0 radical (unpaired) electrons. The van der Waals surface area contributed by atoms with Crippen molar-refractivity contribution in [3.63, 3.8) is 0 Å². The number of amides is 2. The zero-order chi connectivity index (χ0) is 35.1. The topological polar surface area (TPSA) is 157 Å². The molecule has 274 valence electrons. The first-order chi connectivity index (χ1) is 22.7. The van der Waals surface area contributed by atoms with Gasteiger partial charge in [-0.15, -0.1) is 0 Å². The van der Waals surface area contributed by atoms with E-state index in [1.165, 1.54) is 82.9 Å². The summed E-state index contributed by atoms with van der Waals surface area (Å²) in [6.07, 6.45) is 18.8. The Bertz CT molecular complexity index is 859. The molecule has 0 spiro atoms. The van der Waals surface area contributed by atoms with Crippen LogP contribution in [0.2, 0.25) is 0 Å². The fraction of sp³-hybridized carbons (Fsp3) is 0.857. The summed E-state index contributed by atoms with van der Waals surface area (Å²) in [7, 11) is 1.14. The molecule has 12 heteroatoms. The van der Waals surface area contributed by atoms with Crippen LogP contribution in [0, 0.1) is 0 Å². The van der Waals surface area contributed by atoms with E-state index in [4.69, 9.17) is 9.47 Å². The lowest BCUT2D eigenvalue weighted by Crippen LogP contribution is -2.53. The van der Waals surface area contributed by atoms with E-state index in [0.717, 1.165) is 45.6 Å². The highest BCUT2D eigenvalue weighted by Gasteiger charge is 2.26. The Morgan fingerprint density at radius 1 is 0.723 bits per heavy atom. The average Bonchev–Trinajstić information content (AvgIpc) is 3.04. The number of aliphatic hydroxyl groups is 1. The van der Waals surface area contributed by atoms with Crippen molar-refractivity contribution in [3.05, 3.63) is 0 Å². The lowest BCUT2D eigenvalue weighted by atomic mass is 10.0. The maximum absolute atomic E-state index is 12.7. The number of carbonyl (C=O) groups excluding carboxylic acids is 5. The third-order valence-electron chi connectivity index (χ3n) is 7.76. The van der Waals surface area contributed by atoms with Crippen LogP contribution in [0.1, 0.15) is 143 Å². The number of rotatable bonds is 31. The molecule has 0 aromatic rings. The number of aliphatic hydroxyl groups excluding tert-OH is 1. The second kappa shape index (κ2) is 31.0. The van der Waals surface area contributed by atoms with E-state index >= 15 is 0 Å². The summed E-state index contributed by atoms with van der Waals surface area (Å²) < 4.78 is 15.7. The molecule has 0 aliphatic rings. The summed E-state index contributed by atoms with van der Waals surface area (Å²) in [4.78, 5) is 61.2. The van der Waals surface area contributed by atoms with Gasteiger partial charge >= 0.3 is 17.9 Å². The van der Waals surface area contributed by atoms with Gasteiger partial charge in [0.25, 0.3) is 0 Å². The van der Waals surface area contributed by atoms with Gasteiger partial charge in [0, 0.05) is 24.9 Å². The second-order valence-electron chi connectivity index (χ2n) is 12.1. The van der Waals surface area contributed by atoms with Gasteiger partial charge in [-0.05, 0) is 19.3 Å². The number of methoxy groups -OCH3 is 1. The van der Waals surface area contributed by atoms with Gasteiger partial charge in [-0.25, -0.2) is 4.79 Å². The zero-order valence-electron chi connectivity index (χ0n) is 29.6. The summed E-state index contributed by atoms with van der Waals surface area (Å²) in [5.74, 6) is -2.09. The number of unbranched alkanes of at least 4 members (excludes halogenated alkanes) is 14. The molecule has 3 atom stereocenters. The average molecular weight is 689 g/mol. The number of esters is 3. The minimum Gasteiger partial charge on any atom is -0.467 e. The van der Waals surface area contributed by atoms with E-state index in [0.29, 0.717) is 18.6 Å². The minimum atomic E-state index is -1.25. The van der Waals surface area contributed by atoms with Gasteiger partial charge in [0.1, 0.15) is 18.8 Å². The lowest BCUT2D eigenvalue weighted by molar-refractivity contribution is -0.155. The number of ether oxygens (including phenoxy) is 3. The second-order valence-corrected chi connectivity index (χ2v) is 13.3. The molecule has 0 aromatic carbocycles. The molecular formula is C35H64N2O9S. The third kappa shape index (κ3) is 26.3. The Hall–Kier alpha value is -2.34. The fourth-order valence-electron chi connectivity index (χ4n) is 5.04. The summed E-state index contributed by atoms with van der Waals surface area (Å²) >= 11 is 1.28. The predicted octanol–water partition coefficient (Wildman–Crippen LogP) is 5.78. The molecule has 3 N–H and O–H groups in total. The monoisotopic (exact) mass is 688 g/mol. The molecule has 0 unspecified atom stereocenters. The van der Waals surface area contributed by atoms with Crippen molar-refractivity contribution in [2.75, 3.05) is 31.8 Å².